The number of aromatic nitrogens is 1. The fraction of sp³-hybridized carbons (Fsp3) is 0.250. The number of benzene rings is 3. The highest BCUT2D eigenvalue weighted by Gasteiger charge is 2.14. The van der Waals surface area contributed by atoms with Crippen LogP contribution in [0.25, 0.3) is 11.3 Å². The predicted molar refractivity (Wildman–Crippen MR) is 133 cm³/mol. The van der Waals surface area contributed by atoms with E-state index in [-0.39, 0.29) is 5.41 Å². The van der Waals surface area contributed by atoms with Gasteiger partial charge in [-0.3, -0.25) is 0 Å². The lowest BCUT2D eigenvalue weighted by Gasteiger charge is -2.19. The van der Waals surface area contributed by atoms with Crippen LogP contribution >= 0.6 is 11.3 Å². The van der Waals surface area contributed by atoms with E-state index < -0.39 is 0 Å². The van der Waals surface area contributed by atoms with E-state index in [2.05, 4.69) is 117 Å². The van der Waals surface area contributed by atoms with Gasteiger partial charge in [-0.15, -0.1) is 11.3 Å². The fourth-order valence-corrected chi connectivity index (χ4v) is 4.58. The van der Waals surface area contributed by atoms with Crippen molar-refractivity contribution in [1.82, 2.24) is 4.57 Å². The summed E-state index contributed by atoms with van der Waals surface area (Å²) < 4.78 is 2.36. The first-order valence-electron chi connectivity index (χ1n) is 10.8. The average Bonchev–Trinajstić information content (AvgIpc) is 3.16. The molecule has 0 unspecified atom stereocenters. The zero-order valence-corrected chi connectivity index (χ0v) is 19.6. The lowest BCUT2D eigenvalue weighted by atomic mass is 9.86. The van der Waals surface area contributed by atoms with E-state index >= 15 is 0 Å². The SMILES string of the molecule is Cc1ccc(N=c2scc(-c3ccc(C(C)(C)C)cc3)n2CCc2ccccc2)cc1. The second-order valence-electron chi connectivity index (χ2n) is 9.07. The Morgan fingerprint density at radius 1 is 0.839 bits per heavy atom. The van der Waals surface area contributed by atoms with Crippen LogP contribution < -0.4 is 4.80 Å². The number of hydrogen-bond donors (Lipinski definition) is 0. The van der Waals surface area contributed by atoms with Crippen molar-refractivity contribution >= 4 is 17.0 Å². The second kappa shape index (κ2) is 9.07. The Labute approximate surface area is 189 Å². The molecule has 1 heterocycles. The number of nitrogens with zero attached hydrogens (tertiary/aromatic N) is 2. The van der Waals surface area contributed by atoms with Gasteiger partial charge in [-0.2, -0.15) is 0 Å². The van der Waals surface area contributed by atoms with Crippen molar-refractivity contribution in [1.29, 1.82) is 0 Å². The van der Waals surface area contributed by atoms with Crippen LogP contribution in [0.4, 0.5) is 5.69 Å². The summed E-state index contributed by atoms with van der Waals surface area (Å²) in [5, 5.41) is 2.24. The Balaban J connectivity index is 1.74. The van der Waals surface area contributed by atoms with E-state index in [1.807, 2.05) is 0 Å². The molecule has 0 bridgehead atoms. The van der Waals surface area contributed by atoms with Crippen molar-refractivity contribution in [2.24, 2.45) is 4.99 Å². The van der Waals surface area contributed by atoms with E-state index in [0.717, 1.165) is 23.5 Å². The molecule has 3 aromatic carbocycles. The molecular formula is C28H30N2S. The quantitative estimate of drug-likeness (QED) is 0.319. The van der Waals surface area contributed by atoms with Gasteiger partial charge in [-0.05, 0) is 47.6 Å². The number of aryl methyl sites for hydroxylation is 2. The van der Waals surface area contributed by atoms with Gasteiger partial charge in [-0.25, -0.2) is 4.99 Å². The summed E-state index contributed by atoms with van der Waals surface area (Å²) in [4.78, 5) is 6.02. The molecule has 0 aliphatic carbocycles. The molecule has 0 N–H and O–H groups in total. The fourth-order valence-electron chi connectivity index (χ4n) is 3.62. The van der Waals surface area contributed by atoms with Gasteiger partial charge < -0.3 is 4.57 Å². The molecule has 4 aromatic rings. The number of hydrogen-bond acceptors (Lipinski definition) is 2. The molecule has 31 heavy (non-hydrogen) atoms. The highest BCUT2D eigenvalue weighted by molar-refractivity contribution is 7.07. The van der Waals surface area contributed by atoms with Gasteiger partial charge in [-0.1, -0.05) is 93.1 Å². The van der Waals surface area contributed by atoms with Crippen LogP contribution in [0.5, 0.6) is 0 Å². The lowest BCUT2D eigenvalue weighted by Crippen LogP contribution is -2.17. The highest BCUT2D eigenvalue weighted by atomic mass is 32.1. The van der Waals surface area contributed by atoms with E-state index in [0.29, 0.717) is 0 Å². The Bertz CT molecular complexity index is 1190. The molecule has 4 rings (SSSR count). The minimum absolute atomic E-state index is 0.155. The van der Waals surface area contributed by atoms with E-state index in [1.54, 1.807) is 11.3 Å². The van der Waals surface area contributed by atoms with Crippen LogP contribution in [0.15, 0.2) is 89.2 Å². The molecule has 2 nitrogen and oxygen atoms in total. The molecule has 0 atom stereocenters. The van der Waals surface area contributed by atoms with Crippen molar-refractivity contribution in [3.05, 3.63) is 106 Å². The third-order valence-corrected chi connectivity index (χ3v) is 6.43. The van der Waals surface area contributed by atoms with Gasteiger partial charge in [0.2, 0.25) is 0 Å². The highest BCUT2D eigenvalue weighted by Crippen LogP contribution is 2.27. The smallest absolute Gasteiger partial charge is 0.190 e. The summed E-state index contributed by atoms with van der Waals surface area (Å²) >= 11 is 1.71. The van der Waals surface area contributed by atoms with Crippen LogP contribution in [0.3, 0.4) is 0 Å². The monoisotopic (exact) mass is 426 g/mol. The Hall–Kier alpha value is -2.91. The summed E-state index contributed by atoms with van der Waals surface area (Å²) in [5.41, 5.74) is 7.57. The molecule has 0 radical (unpaired) electrons. The van der Waals surface area contributed by atoms with Crippen molar-refractivity contribution < 1.29 is 0 Å². The number of thiazole rings is 1. The molecule has 0 saturated heterocycles. The van der Waals surface area contributed by atoms with Gasteiger partial charge in [0, 0.05) is 11.9 Å². The van der Waals surface area contributed by atoms with Crippen molar-refractivity contribution in [2.75, 3.05) is 0 Å². The molecule has 158 valence electrons. The topological polar surface area (TPSA) is 17.3 Å². The third-order valence-electron chi connectivity index (χ3n) is 5.57. The first-order valence-corrected chi connectivity index (χ1v) is 11.7. The maximum atomic E-state index is 4.98. The minimum atomic E-state index is 0.155. The Morgan fingerprint density at radius 3 is 2.16 bits per heavy atom. The zero-order chi connectivity index (χ0) is 21.8. The largest absolute Gasteiger partial charge is 0.316 e. The summed E-state index contributed by atoms with van der Waals surface area (Å²) in [6.07, 6.45) is 0.978. The molecular weight excluding hydrogens is 396 g/mol. The second-order valence-corrected chi connectivity index (χ2v) is 9.90. The summed E-state index contributed by atoms with van der Waals surface area (Å²) in [5.74, 6) is 0. The van der Waals surface area contributed by atoms with Crippen LogP contribution in [0.2, 0.25) is 0 Å². The molecule has 0 fully saturated rings. The normalized spacial score (nSPS) is 12.3. The molecule has 1 aromatic heterocycles. The first kappa shape index (κ1) is 21.3. The van der Waals surface area contributed by atoms with Crippen LogP contribution in [-0.2, 0) is 18.4 Å². The Morgan fingerprint density at radius 2 is 1.52 bits per heavy atom. The molecule has 0 amide bonds. The van der Waals surface area contributed by atoms with Crippen LogP contribution in [0, 0.1) is 6.92 Å². The first-order chi connectivity index (χ1) is 14.9. The summed E-state index contributed by atoms with van der Waals surface area (Å²) in [6.45, 7) is 9.77. The molecule has 3 heteroatoms. The maximum absolute atomic E-state index is 4.98. The van der Waals surface area contributed by atoms with Crippen molar-refractivity contribution in [3.63, 3.8) is 0 Å². The summed E-state index contributed by atoms with van der Waals surface area (Å²) in [7, 11) is 0. The summed E-state index contributed by atoms with van der Waals surface area (Å²) in [6, 6.07) is 28.1. The van der Waals surface area contributed by atoms with Gasteiger partial charge >= 0.3 is 0 Å². The van der Waals surface area contributed by atoms with Crippen LogP contribution in [-0.4, -0.2) is 4.57 Å². The average molecular weight is 427 g/mol. The van der Waals surface area contributed by atoms with Crippen LogP contribution in [0.1, 0.15) is 37.5 Å². The zero-order valence-electron chi connectivity index (χ0n) is 18.8. The minimum Gasteiger partial charge on any atom is -0.316 e. The molecule has 0 aliphatic heterocycles. The predicted octanol–water partition coefficient (Wildman–Crippen LogP) is 7.30. The lowest BCUT2D eigenvalue weighted by molar-refractivity contribution is 0.590. The standard InChI is InChI=1S/C28H30N2S/c1-21-10-16-25(17-11-21)29-27-30(19-18-22-8-6-5-7-9-22)26(20-31-27)23-12-14-24(15-13-23)28(2,3)4/h5-17,20H,18-19H2,1-4H3. The van der Waals surface area contributed by atoms with E-state index in [9.17, 15) is 0 Å². The van der Waals surface area contributed by atoms with Crippen molar-refractivity contribution in [2.45, 2.75) is 46.1 Å². The molecule has 0 aliphatic rings. The Kier molecular flexibility index (Phi) is 6.24. The number of rotatable bonds is 5. The molecule has 0 spiro atoms. The van der Waals surface area contributed by atoms with Gasteiger partial charge in [0.1, 0.15) is 0 Å². The van der Waals surface area contributed by atoms with Gasteiger partial charge in [0.15, 0.2) is 4.80 Å². The third kappa shape index (κ3) is 5.23. The molecule has 0 saturated carbocycles. The van der Waals surface area contributed by atoms with E-state index in [4.69, 9.17) is 4.99 Å². The van der Waals surface area contributed by atoms with E-state index in [1.165, 1.54) is 27.9 Å². The van der Waals surface area contributed by atoms with Crippen molar-refractivity contribution in [3.8, 4) is 11.3 Å². The van der Waals surface area contributed by atoms with Gasteiger partial charge in [0.25, 0.3) is 0 Å². The van der Waals surface area contributed by atoms with Gasteiger partial charge in [0.05, 0.1) is 11.4 Å². The maximum Gasteiger partial charge on any atom is 0.190 e.